The molecule has 2 heterocycles. The summed E-state index contributed by atoms with van der Waals surface area (Å²) in [7, 11) is 0. The summed E-state index contributed by atoms with van der Waals surface area (Å²) in [4.78, 5) is 9.42. The van der Waals surface area contributed by atoms with Gasteiger partial charge < -0.3 is 0 Å². The third kappa shape index (κ3) is 6.04. The minimum atomic E-state index is 0.955. The first-order chi connectivity index (χ1) is 27.8. The molecule has 2 nitrogen and oxygen atoms in total. The zero-order chi connectivity index (χ0) is 37.3. The van der Waals surface area contributed by atoms with Gasteiger partial charge in [-0.2, -0.15) is 0 Å². The van der Waals surface area contributed by atoms with Crippen LogP contribution in [-0.4, -0.2) is 9.97 Å². The van der Waals surface area contributed by atoms with Crippen LogP contribution in [0, 0.1) is 0 Å². The number of aromatic nitrogens is 2. The van der Waals surface area contributed by atoms with Gasteiger partial charge >= 0.3 is 0 Å². The van der Waals surface area contributed by atoms with Gasteiger partial charge in [-0.05, 0) is 120 Å². The van der Waals surface area contributed by atoms with E-state index in [0.717, 1.165) is 33.6 Å². The van der Waals surface area contributed by atoms with Crippen LogP contribution in [0.1, 0.15) is 0 Å². The van der Waals surface area contributed by atoms with Gasteiger partial charge in [0.15, 0.2) is 0 Å². The second-order valence-electron chi connectivity index (χ2n) is 14.1. The number of pyridine rings is 2. The molecule has 2 heteroatoms. The van der Waals surface area contributed by atoms with E-state index in [1.54, 1.807) is 0 Å². The first-order valence-electron chi connectivity index (χ1n) is 19.1. The Kier molecular flexibility index (Phi) is 8.55. The van der Waals surface area contributed by atoms with E-state index in [-0.39, 0.29) is 0 Å². The molecule has 262 valence electrons. The van der Waals surface area contributed by atoms with Crippen molar-refractivity contribution in [2.75, 3.05) is 0 Å². The van der Waals surface area contributed by atoms with Crippen molar-refractivity contribution in [3.8, 4) is 78.1 Å². The standard InChI is InChI=1S/C54H36N2/c1-3-16-37(17-4-1)44-26-15-27-45(38-18-5-2-6-19-38)52(44)43-30-31-48-49(36-43)54(42-23-14-21-40(35-42)51-29-10-12-33-56-51)47-25-8-7-24-46(47)53(48)41-22-13-20-39(34-41)50-28-9-11-32-55-50/h1-36H. The second kappa shape index (κ2) is 14.4. The number of fused-ring (bicyclic) bond motifs is 2. The number of hydrogen-bond donors (Lipinski definition) is 0. The summed E-state index contributed by atoms with van der Waals surface area (Å²) < 4.78 is 0. The minimum Gasteiger partial charge on any atom is -0.256 e. The molecular formula is C54H36N2. The molecule has 0 bridgehead atoms. The van der Waals surface area contributed by atoms with E-state index in [0.29, 0.717) is 0 Å². The van der Waals surface area contributed by atoms with Gasteiger partial charge in [-0.1, -0.05) is 164 Å². The van der Waals surface area contributed by atoms with Crippen LogP contribution < -0.4 is 0 Å². The topological polar surface area (TPSA) is 25.8 Å². The highest BCUT2D eigenvalue weighted by Gasteiger charge is 2.21. The molecule has 0 aliphatic rings. The first kappa shape index (κ1) is 33.2. The van der Waals surface area contributed by atoms with Crippen LogP contribution in [0.4, 0.5) is 0 Å². The Morgan fingerprint density at radius 1 is 0.232 bits per heavy atom. The number of nitrogens with zero attached hydrogens (tertiary/aromatic N) is 2. The summed E-state index contributed by atoms with van der Waals surface area (Å²) in [6.45, 7) is 0. The van der Waals surface area contributed by atoms with Crippen molar-refractivity contribution in [3.05, 3.63) is 219 Å². The molecule has 2 aromatic heterocycles. The monoisotopic (exact) mass is 712 g/mol. The van der Waals surface area contributed by atoms with Crippen molar-refractivity contribution in [2.24, 2.45) is 0 Å². The summed E-state index contributed by atoms with van der Waals surface area (Å²) in [6, 6.07) is 74.1. The van der Waals surface area contributed by atoms with E-state index in [9.17, 15) is 0 Å². The van der Waals surface area contributed by atoms with Gasteiger partial charge in [0.25, 0.3) is 0 Å². The summed E-state index contributed by atoms with van der Waals surface area (Å²) in [6.07, 6.45) is 3.72. The SMILES string of the molecule is c1ccc(-c2cccc(-c3ccccc3)c2-c2ccc3c(-c4cccc(-c5ccccn5)c4)c4ccccc4c(-c4cccc(-c5ccccn5)c4)c3c2)cc1. The molecule has 0 radical (unpaired) electrons. The highest BCUT2D eigenvalue weighted by molar-refractivity contribution is 6.22. The van der Waals surface area contributed by atoms with Crippen molar-refractivity contribution >= 4 is 21.5 Å². The first-order valence-corrected chi connectivity index (χ1v) is 19.1. The smallest absolute Gasteiger partial charge is 0.0702 e. The summed E-state index contributed by atoms with van der Waals surface area (Å²) >= 11 is 0. The Bertz CT molecular complexity index is 2930. The molecule has 0 saturated carbocycles. The lowest BCUT2D eigenvalue weighted by Gasteiger charge is -2.21. The van der Waals surface area contributed by atoms with Gasteiger partial charge in [-0.3, -0.25) is 9.97 Å². The molecule has 0 atom stereocenters. The maximum Gasteiger partial charge on any atom is 0.0702 e. The summed E-state index contributed by atoms with van der Waals surface area (Å²) in [5.41, 5.74) is 16.0. The quantitative estimate of drug-likeness (QED) is 0.154. The zero-order valence-corrected chi connectivity index (χ0v) is 30.7. The Morgan fingerprint density at radius 2 is 0.643 bits per heavy atom. The van der Waals surface area contributed by atoms with E-state index in [4.69, 9.17) is 9.97 Å². The molecule has 0 amide bonds. The average Bonchev–Trinajstić information content (AvgIpc) is 3.29. The lowest BCUT2D eigenvalue weighted by molar-refractivity contribution is 1.33. The van der Waals surface area contributed by atoms with Crippen molar-refractivity contribution in [1.29, 1.82) is 0 Å². The molecule has 0 aliphatic heterocycles. The third-order valence-corrected chi connectivity index (χ3v) is 10.8. The van der Waals surface area contributed by atoms with Crippen LogP contribution >= 0.6 is 0 Å². The molecule has 10 aromatic rings. The fourth-order valence-corrected chi connectivity index (χ4v) is 8.27. The largest absolute Gasteiger partial charge is 0.256 e. The van der Waals surface area contributed by atoms with Crippen LogP contribution in [0.25, 0.3) is 99.7 Å². The van der Waals surface area contributed by atoms with E-state index in [1.807, 2.05) is 30.6 Å². The van der Waals surface area contributed by atoms with Gasteiger partial charge in [0.2, 0.25) is 0 Å². The summed E-state index contributed by atoms with van der Waals surface area (Å²) in [5.74, 6) is 0. The van der Waals surface area contributed by atoms with Gasteiger partial charge in [0.05, 0.1) is 11.4 Å². The molecule has 8 aromatic carbocycles. The molecule has 0 saturated heterocycles. The van der Waals surface area contributed by atoms with E-state index in [2.05, 4.69) is 188 Å². The van der Waals surface area contributed by atoms with Crippen molar-refractivity contribution in [2.45, 2.75) is 0 Å². The van der Waals surface area contributed by atoms with Gasteiger partial charge in [0.1, 0.15) is 0 Å². The lowest BCUT2D eigenvalue weighted by Crippen LogP contribution is -1.94. The zero-order valence-electron chi connectivity index (χ0n) is 30.7. The molecule has 0 N–H and O–H groups in total. The van der Waals surface area contributed by atoms with Crippen LogP contribution in [-0.2, 0) is 0 Å². The normalized spacial score (nSPS) is 11.2. The molecule has 0 aliphatic carbocycles. The average molecular weight is 713 g/mol. The highest BCUT2D eigenvalue weighted by Crippen LogP contribution is 2.48. The van der Waals surface area contributed by atoms with Gasteiger partial charge in [-0.25, -0.2) is 0 Å². The molecule has 0 spiro atoms. The highest BCUT2D eigenvalue weighted by atomic mass is 14.7. The number of benzene rings is 8. The minimum absolute atomic E-state index is 0.955. The Morgan fingerprint density at radius 3 is 1.16 bits per heavy atom. The van der Waals surface area contributed by atoms with Crippen LogP contribution in [0.5, 0.6) is 0 Å². The van der Waals surface area contributed by atoms with Gasteiger partial charge in [-0.15, -0.1) is 0 Å². The maximum atomic E-state index is 4.72. The number of rotatable bonds is 7. The van der Waals surface area contributed by atoms with E-state index >= 15 is 0 Å². The predicted molar refractivity (Wildman–Crippen MR) is 235 cm³/mol. The second-order valence-corrected chi connectivity index (χ2v) is 14.1. The molecule has 10 rings (SSSR count). The van der Waals surface area contributed by atoms with Crippen molar-refractivity contribution in [3.63, 3.8) is 0 Å². The predicted octanol–water partition coefficient (Wildman–Crippen LogP) is 14.5. The van der Waals surface area contributed by atoms with E-state index in [1.165, 1.54) is 66.1 Å². The Hall–Kier alpha value is -7.42. The molecule has 56 heavy (non-hydrogen) atoms. The molecule has 0 unspecified atom stereocenters. The van der Waals surface area contributed by atoms with Crippen molar-refractivity contribution in [1.82, 2.24) is 9.97 Å². The van der Waals surface area contributed by atoms with Gasteiger partial charge in [0, 0.05) is 23.5 Å². The number of hydrogen-bond acceptors (Lipinski definition) is 2. The Labute approximate surface area is 327 Å². The fraction of sp³-hybridized carbons (Fsp3) is 0. The van der Waals surface area contributed by atoms with E-state index < -0.39 is 0 Å². The van der Waals surface area contributed by atoms with Crippen LogP contribution in [0.2, 0.25) is 0 Å². The summed E-state index contributed by atoms with van der Waals surface area (Å²) in [5, 5.41) is 4.80. The Balaban J connectivity index is 1.31. The fourth-order valence-electron chi connectivity index (χ4n) is 8.27. The maximum absolute atomic E-state index is 4.72. The lowest BCUT2D eigenvalue weighted by atomic mass is 9.82. The van der Waals surface area contributed by atoms with Crippen LogP contribution in [0.3, 0.4) is 0 Å². The third-order valence-electron chi connectivity index (χ3n) is 10.8. The van der Waals surface area contributed by atoms with Crippen molar-refractivity contribution < 1.29 is 0 Å². The molecule has 0 fully saturated rings. The van der Waals surface area contributed by atoms with Crippen LogP contribution in [0.15, 0.2) is 219 Å². The molecular weight excluding hydrogens is 677 g/mol.